The van der Waals surface area contributed by atoms with Crippen LogP contribution in [-0.4, -0.2) is 25.1 Å². The summed E-state index contributed by atoms with van der Waals surface area (Å²) in [7, 11) is 1.82. The molecule has 0 spiro atoms. The van der Waals surface area contributed by atoms with Gasteiger partial charge in [0, 0.05) is 12.6 Å². The van der Waals surface area contributed by atoms with Crippen LogP contribution in [0.2, 0.25) is 0 Å². The van der Waals surface area contributed by atoms with Crippen molar-refractivity contribution in [2.75, 3.05) is 0 Å². The summed E-state index contributed by atoms with van der Waals surface area (Å²) < 4.78 is 20.6. The van der Waals surface area contributed by atoms with E-state index in [0.717, 1.165) is 16.6 Å². The molecule has 0 aliphatic rings. The van der Waals surface area contributed by atoms with Gasteiger partial charge >= 0.3 is 0 Å². The van der Waals surface area contributed by atoms with Crippen LogP contribution in [0.15, 0.2) is 47.0 Å². The zero-order valence-corrected chi connectivity index (χ0v) is 12.3. The van der Waals surface area contributed by atoms with E-state index in [0.29, 0.717) is 17.3 Å². The monoisotopic (exact) mass is 309 g/mol. The highest BCUT2D eigenvalue weighted by atomic mass is 19.1. The largest absolute Gasteiger partial charge is 0.339 e. The lowest BCUT2D eigenvalue weighted by molar-refractivity contribution is 0.384. The molecule has 0 aliphatic heterocycles. The number of fused-ring (bicyclic) bond motifs is 1. The van der Waals surface area contributed by atoms with Crippen molar-refractivity contribution in [3.8, 4) is 11.4 Å². The Bertz CT molecular complexity index is 991. The average Bonchev–Trinajstić information content (AvgIpc) is 3.17. The summed E-state index contributed by atoms with van der Waals surface area (Å²) in [5.41, 5.74) is 3.00. The zero-order valence-electron chi connectivity index (χ0n) is 12.3. The maximum atomic E-state index is 13.7. The molecular weight excluding hydrogens is 297 g/mol. The maximum Gasteiger partial charge on any atom is 0.231 e. The molecule has 4 aromatic rings. The van der Waals surface area contributed by atoms with Crippen molar-refractivity contribution in [1.29, 1.82) is 0 Å². The molecule has 0 saturated heterocycles. The minimum Gasteiger partial charge on any atom is -0.339 e. The average molecular weight is 309 g/mol. The molecule has 0 saturated carbocycles. The fourth-order valence-electron chi connectivity index (χ4n) is 2.42. The third-order valence-electron chi connectivity index (χ3n) is 3.64. The van der Waals surface area contributed by atoms with Crippen LogP contribution in [0.3, 0.4) is 0 Å². The van der Waals surface area contributed by atoms with E-state index >= 15 is 0 Å². The number of hydrogen-bond donors (Lipinski definition) is 0. The van der Waals surface area contributed by atoms with Gasteiger partial charge in [0.1, 0.15) is 11.3 Å². The quantitative estimate of drug-likeness (QED) is 0.582. The first-order chi connectivity index (χ1) is 11.2. The van der Waals surface area contributed by atoms with Crippen LogP contribution in [0.4, 0.5) is 4.39 Å². The highest BCUT2D eigenvalue weighted by Crippen LogP contribution is 2.21. The van der Waals surface area contributed by atoms with Crippen molar-refractivity contribution >= 4 is 11.0 Å². The molecule has 0 N–H and O–H groups in total. The van der Waals surface area contributed by atoms with Crippen molar-refractivity contribution < 1.29 is 8.91 Å². The maximum absolute atomic E-state index is 13.7. The number of rotatable bonds is 3. The van der Waals surface area contributed by atoms with Crippen LogP contribution in [0.5, 0.6) is 0 Å². The Labute approximate surface area is 130 Å². The molecule has 0 fully saturated rings. The third kappa shape index (κ3) is 2.46. The van der Waals surface area contributed by atoms with E-state index in [1.165, 1.54) is 6.07 Å². The molecule has 7 heteroatoms. The summed E-state index contributed by atoms with van der Waals surface area (Å²) in [5, 5.41) is 12.0. The van der Waals surface area contributed by atoms with E-state index in [2.05, 4.69) is 20.5 Å². The molecule has 4 rings (SSSR count). The molecule has 0 bridgehead atoms. The fraction of sp³-hybridized carbons (Fsp3) is 0.125. The predicted molar refractivity (Wildman–Crippen MR) is 81.0 cm³/mol. The first-order valence-electron chi connectivity index (χ1n) is 7.06. The molecule has 23 heavy (non-hydrogen) atoms. The Morgan fingerprint density at radius 2 is 2.04 bits per heavy atom. The Morgan fingerprint density at radius 1 is 1.17 bits per heavy atom. The zero-order chi connectivity index (χ0) is 15.8. The van der Waals surface area contributed by atoms with E-state index in [9.17, 15) is 4.39 Å². The lowest BCUT2D eigenvalue weighted by Gasteiger charge is -1.98. The summed E-state index contributed by atoms with van der Waals surface area (Å²) in [6, 6.07) is 12.1. The molecule has 0 unspecified atom stereocenters. The SMILES string of the molecule is Cn1nnc2ccc(-c3noc(Cc4ccccc4F)n3)cc21. The second-order valence-electron chi connectivity index (χ2n) is 5.20. The van der Waals surface area contributed by atoms with Crippen LogP contribution >= 0.6 is 0 Å². The Morgan fingerprint density at radius 3 is 2.91 bits per heavy atom. The van der Waals surface area contributed by atoms with E-state index in [4.69, 9.17) is 4.52 Å². The topological polar surface area (TPSA) is 69.6 Å². The lowest BCUT2D eigenvalue weighted by atomic mass is 10.1. The van der Waals surface area contributed by atoms with Gasteiger partial charge in [-0.05, 0) is 29.8 Å². The van der Waals surface area contributed by atoms with Crippen LogP contribution in [0.1, 0.15) is 11.5 Å². The number of aryl methyl sites for hydroxylation is 1. The first kappa shape index (κ1) is 13.6. The van der Waals surface area contributed by atoms with Gasteiger partial charge < -0.3 is 4.52 Å². The molecule has 2 aromatic heterocycles. The van der Waals surface area contributed by atoms with Crippen LogP contribution in [0, 0.1) is 5.82 Å². The molecule has 2 heterocycles. The van der Waals surface area contributed by atoms with Crippen LogP contribution < -0.4 is 0 Å². The van der Waals surface area contributed by atoms with Gasteiger partial charge in [0.2, 0.25) is 11.7 Å². The predicted octanol–water partition coefficient (Wildman–Crippen LogP) is 2.75. The number of halogens is 1. The van der Waals surface area contributed by atoms with Gasteiger partial charge in [0.25, 0.3) is 0 Å². The van der Waals surface area contributed by atoms with Gasteiger partial charge in [-0.25, -0.2) is 9.07 Å². The molecule has 0 radical (unpaired) electrons. The van der Waals surface area contributed by atoms with Crippen molar-refractivity contribution in [1.82, 2.24) is 25.1 Å². The molecule has 114 valence electrons. The highest BCUT2D eigenvalue weighted by molar-refractivity contribution is 5.79. The van der Waals surface area contributed by atoms with E-state index < -0.39 is 0 Å². The molecule has 2 aromatic carbocycles. The Kier molecular flexibility index (Phi) is 3.11. The standard InChI is InChI=1S/C16H12FN5O/c1-22-14-8-11(6-7-13(14)19-21-22)16-18-15(23-20-16)9-10-4-2-3-5-12(10)17/h2-8H,9H2,1H3. The second kappa shape index (κ2) is 5.28. The van der Waals surface area contributed by atoms with E-state index in [1.54, 1.807) is 22.9 Å². The van der Waals surface area contributed by atoms with Crippen molar-refractivity contribution in [3.05, 3.63) is 59.7 Å². The van der Waals surface area contributed by atoms with E-state index in [-0.39, 0.29) is 12.2 Å². The van der Waals surface area contributed by atoms with Crippen LogP contribution in [0.25, 0.3) is 22.4 Å². The smallest absolute Gasteiger partial charge is 0.231 e. The van der Waals surface area contributed by atoms with Crippen LogP contribution in [-0.2, 0) is 13.5 Å². The molecule has 0 aliphatic carbocycles. The fourth-order valence-corrected chi connectivity index (χ4v) is 2.42. The molecular formula is C16H12FN5O. The Balaban J connectivity index is 1.66. The van der Waals surface area contributed by atoms with Crippen molar-refractivity contribution in [3.63, 3.8) is 0 Å². The Hall–Kier alpha value is -3.09. The van der Waals surface area contributed by atoms with Gasteiger partial charge in [0.15, 0.2) is 0 Å². The van der Waals surface area contributed by atoms with Gasteiger partial charge in [-0.3, -0.25) is 0 Å². The number of hydrogen-bond acceptors (Lipinski definition) is 5. The van der Waals surface area contributed by atoms with Gasteiger partial charge in [-0.1, -0.05) is 28.6 Å². The molecule has 6 nitrogen and oxygen atoms in total. The first-order valence-corrected chi connectivity index (χ1v) is 7.06. The summed E-state index contributed by atoms with van der Waals surface area (Å²) in [6.07, 6.45) is 0.259. The van der Waals surface area contributed by atoms with Crippen molar-refractivity contribution in [2.24, 2.45) is 7.05 Å². The number of benzene rings is 2. The molecule has 0 atom stereocenters. The third-order valence-corrected chi connectivity index (χ3v) is 3.64. The normalized spacial score (nSPS) is 11.2. The van der Waals surface area contributed by atoms with Gasteiger partial charge in [0.05, 0.1) is 11.9 Å². The lowest BCUT2D eigenvalue weighted by Crippen LogP contribution is -1.92. The minimum atomic E-state index is -0.283. The highest BCUT2D eigenvalue weighted by Gasteiger charge is 2.12. The van der Waals surface area contributed by atoms with E-state index in [1.807, 2.05) is 25.2 Å². The number of nitrogens with zero attached hydrogens (tertiary/aromatic N) is 5. The summed E-state index contributed by atoms with van der Waals surface area (Å²) in [6.45, 7) is 0. The van der Waals surface area contributed by atoms with Gasteiger partial charge in [-0.15, -0.1) is 5.10 Å². The molecule has 0 amide bonds. The second-order valence-corrected chi connectivity index (χ2v) is 5.20. The minimum absolute atomic E-state index is 0.259. The number of aromatic nitrogens is 5. The summed E-state index contributed by atoms with van der Waals surface area (Å²) in [5.74, 6) is 0.544. The summed E-state index contributed by atoms with van der Waals surface area (Å²) in [4.78, 5) is 4.34. The summed E-state index contributed by atoms with van der Waals surface area (Å²) >= 11 is 0. The van der Waals surface area contributed by atoms with Crippen molar-refractivity contribution in [2.45, 2.75) is 6.42 Å². The van der Waals surface area contributed by atoms with Gasteiger partial charge in [-0.2, -0.15) is 4.98 Å².